The van der Waals surface area contributed by atoms with Crippen LogP contribution in [0.25, 0.3) is 33.3 Å². The fourth-order valence-corrected chi connectivity index (χ4v) is 9.37. The van der Waals surface area contributed by atoms with E-state index in [-0.39, 0.29) is 24.1 Å². The SMILES string of the molecule is Cn1c(=O)n(C2CCC(=O)NC2=O)c2ccc(N3CCC(O)CC3)cc21.N#CC1(c2cc3c(-c4cc(N5CCN(CC6CCCCC6)CC5)ncn4)n[nH]c3cn2)CC1. The number of aromatic nitrogens is 7. The number of hydrogen-bond donors (Lipinski definition) is 3. The molecule has 3 saturated heterocycles. The number of nitrogens with zero attached hydrogens (tertiary/aromatic N) is 10. The first-order valence-corrected chi connectivity index (χ1v) is 21.2. The van der Waals surface area contributed by atoms with Crippen LogP contribution in [0.15, 0.2) is 47.7 Å². The predicted molar refractivity (Wildman–Crippen MR) is 223 cm³/mol. The first kappa shape index (κ1) is 38.8. The van der Waals surface area contributed by atoms with E-state index in [4.69, 9.17) is 0 Å². The van der Waals surface area contributed by atoms with Gasteiger partial charge in [0.05, 0.1) is 51.7 Å². The van der Waals surface area contributed by atoms with Crippen LogP contribution < -0.4 is 20.8 Å². The molecule has 3 aliphatic heterocycles. The van der Waals surface area contributed by atoms with Crippen molar-refractivity contribution < 1.29 is 14.7 Å². The minimum Gasteiger partial charge on any atom is -0.393 e. The molecule has 5 aliphatic rings. The molecule has 0 spiro atoms. The molecule has 4 aromatic heterocycles. The number of carbonyl (C=O) groups is 2. The van der Waals surface area contributed by atoms with Gasteiger partial charge in [-0.15, -0.1) is 0 Å². The Kier molecular flexibility index (Phi) is 10.6. The molecule has 2 saturated carbocycles. The number of amides is 2. The van der Waals surface area contributed by atoms with E-state index in [1.54, 1.807) is 24.1 Å². The number of aromatic amines is 1. The average molecular weight is 801 g/mol. The fraction of sp³-hybridized carbons (Fsp3) is 0.535. The van der Waals surface area contributed by atoms with Crippen LogP contribution in [0.4, 0.5) is 11.5 Å². The Hall–Kier alpha value is -5.66. The van der Waals surface area contributed by atoms with Gasteiger partial charge in [0.2, 0.25) is 11.8 Å². The number of piperazine rings is 1. The number of aliphatic hydroxyl groups is 1. The molecule has 1 atom stereocenters. The molecule has 308 valence electrons. The number of anilines is 2. The van der Waals surface area contributed by atoms with Crippen molar-refractivity contribution in [1.82, 2.24) is 44.5 Å². The topological polar surface area (TPSA) is 194 Å². The molecule has 16 nitrogen and oxygen atoms in total. The van der Waals surface area contributed by atoms with Crippen LogP contribution in [-0.2, 0) is 22.1 Å². The highest BCUT2D eigenvalue weighted by Crippen LogP contribution is 2.47. The lowest BCUT2D eigenvalue weighted by Gasteiger charge is -2.37. The van der Waals surface area contributed by atoms with Gasteiger partial charge in [0.1, 0.15) is 23.9 Å². The molecular formula is C43H52N12O4. The highest BCUT2D eigenvalue weighted by atomic mass is 16.3. The Morgan fingerprint density at radius 1 is 0.881 bits per heavy atom. The number of imide groups is 1. The van der Waals surface area contributed by atoms with Gasteiger partial charge in [-0.25, -0.2) is 14.8 Å². The van der Waals surface area contributed by atoms with Crippen LogP contribution in [-0.4, -0.2) is 108 Å². The quantitative estimate of drug-likeness (QED) is 0.201. The third-order valence-electron chi connectivity index (χ3n) is 13.2. The maximum absolute atomic E-state index is 12.8. The molecule has 10 rings (SSSR count). The van der Waals surface area contributed by atoms with Crippen LogP contribution in [0.3, 0.4) is 0 Å². The number of fused-ring (bicyclic) bond motifs is 2. The van der Waals surface area contributed by atoms with E-state index in [2.05, 4.69) is 51.2 Å². The van der Waals surface area contributed by atoms with Crippen LogP contribution in [0.5, 0.6) is 0 Å². The molecule has 2 amide bonds. The zero-order chi connectivity index (χ0) is 40.7. The van der Waals surface area contributed by atoms with Crippen molar-refractivity contribution in [2.75, 3.05) is 55.6 Å². The van der Waals surface area contributed by atoms with Crippen LogP contribution in [0.1, 0.15) is 82.4 Å². The predicted octanol–water partition coefficient (Wildman–Crippen LogP) is 3.95. The number of pyridine rings is 1. The molecule has 3 N–H and O–H groups in total. The van der Waals surface area contributed by atoms with E-state index < -0.39 is 17.4 Å². The number of carbonyl (C=O) groups excluding carboxylic acids is 2. The minimum absolute atomic E-state index is 0.230. The number of rotatable bonds is 7. The molecule has 1 unspecified atom stereocenters. The number of piperidine rings is 2. The van der Waals surface area contributed by atoms with Gasteiger partial charge >= 0.3 is 5.69 Å². The fourth-order valence-electron chi connectivity index (χ4n) is 9.37. The maximum atomic E-state index is 12.8. The molecule has 0 radical (unpaired) electrons. The lowest BCUT2D eigenvalue weighted by Crippen LogP contribution is -2.48. The number of aryl methyl sites for hydroxylation is 1. The number of hydrogen-bond acceptors (Lipinski definition) is 12. The summed E-state index contributed by atoms with van der Waals surface area (Å²) in [7, 11) is 1.69. The third kappa shape index (κ3) is 7.81. The van der Waals surface area contributed by atoms with E-state index in [9.17, 15) is 24.8 Å². The zero-order valence-corrected chi connectivity index (χ0v) is 33.6. The highest BCUT2D eigenvalue weighted by molar-refractivity contribution is 6.00. The molecule has 2 aliphatic carbocycles. The summed E-state index contributed by atoms with van der Waals surface area (Å²) in [4.78, 5) is 57.2. The van der Waals surface area contributed by atoms with E-state index in [0.717, 1.165) is 116 Å². The zero-order valence-electron chi connectivity index (χ0n) is 33.6. The van der Waals surface area contributed by atoms with Crippen molar-refractivity contribution in [2.45, 2.75) is 88.2 Å². The standard InChI is InChI=1S/C25H30N8.C18H22N4O4/c26-16-25(6-7-25)22-12-19-21(14-27-22)30-31-24(19)20-13-23(29-17-28-20)33-10-8-32(9-11-33)15-18-4-2-1-3-5-18;1-20-15-10-11(21-8-6-12(23)7-9-21)2-3-13(15)22(18(20)26)14-4-5-16(24)19-17(14)25/h12-14,17-18H,1-11,15H2,(H,30,31);2-3,10,12,14,23H,4-9H2,1H3,(H,19,24,25). The van der Waals surface area contributed by atoms with Crippen molar-refractivity contribution in [3.8, 4) is 17.5 Å². The van der Waals surface area contributed by atoms with Crippen molar-refractivity contribution in [3.63, 3.8) is 0 Å². The Labute approximate surface area is 342 Å². The van der Waals surface area contributed by atoms with Crippen molar-refractivity contribution >= 4 is 45.3 Å². The number of nitriles is 1. The normalized spacial score (nSPS) is 21.6. The summed E-state index contributed by atoms with van der Waals surface area (Å²) in [5.74, 6) is 1.12. The molecular weight excluding hydrogens is 749 g/mol. The van der Waals surface area contributed by atoms with E-state index in [0.29, 0.717) is 11.9 Å². The first-order valence-electron chi connectivity index (χ1n) is 21.2. The average Bonchev–Trinajstić information content (AvgIpc) is 3.89. The second-order valence-electron chi connectivity index (χ2n) is 17.0. The Balaban J connectivity index is 0.000000157. The first-order chi connectivity index (χ1) is 28.7. The largest absolute Gasteiger partial charge is 0.393 e. The summed E-state index contributed by atoms with van der Waals surface area (Å²) in [6.07, 6.45) is 14.0. The van der Waals surface area contributed by atoms with E-state index in [1.165, 1.54) is 43.2 Å². The molecule has 1 aromatic carbocycles. The number of imidazole rings is 1. The molecule has 16 heteroatoms. The van der Waals surface area contributed by atoms with Gasteiger partial charge in [0.15, 0.2) is 0 Å². The second kappa shape index (κ2) is 16.2. The number of H-pyrrole nitrogens is 1. The van der Waals surface area contributed by atoms with Gasteiger partial charge in [-0.2, -0.15) is 10.4 Å². The van der Waals surface area contributed by atoms with Crippen LogP contribution in [0.2, 0.25) is 0 Å². The lowest BCUT2D eigenvalue weighted by molar-refractivity contribution is -0.135. The number of nitrogens with one attached hydrogen (secondary N) is 2. The number of aliphatic hydroxyl groups excluding tert-OH is 1. The van der Waals surface area contributed by atoms with E-state index >= 15 is 0 Å². The Morgan fingerprint density at radius 3 is 2.39 bits per heavy atom. The van der Waals surface area contributed by atoms with Gasteiger partial charge in [0.25, 0.3) is 0 Å². The van der Waals surface area contributed by atoms with Gasteiger partial charge in [-0.1, -0.05) is 19.3 Å². The third-order valence-corrected chi connectivity index (χ3v) is 13.2. The number of benzene rings is 1. The second-order valence-corrected chi connectivity index (χ2v) is 17.0. The Morgan fingerprint density at radius 2 is 1.66 bits per heavy atom. The van der Waals surface area contributed by atoms with Gasteiger partial charge < -0.3 is 14.9 Å². The molecule has 0 bridgehead atoms. The van der Waals surface area contributed by atoms with Crippen molar-refractivity contribution in [2.24, 2.45) is 13.0 Å². The van der Waals surface area contributed by atoms with Crippen molar-refractivity contribution in [3.05, 3.63) is 59.0 Å². The van der Waals surface area contributed by atoms with Crippen LogP contribution >= 0.6 is 0 Å². The van der Waals surface area contributed by atoms with Gasteiger partial charge in [-0.05, 0) is 75.1 Å². The van der Waals surface area contributed by atoms with Gasteiger partial charge in [0, 0.05) is 76.4 Å². The molecule has 7 heterocycles. The summed E-state index contributed by atoms with van der Waals surface area (Å²) in [6, 6.07) is 11.6. The van der Waals surface area contributed by atoms with Crippen LogP contribution in [0, 0.1) is 17.2 Å². The minimum atomic E-state index is -0.667. The molecule has 59 heavy (non-hydrogen) atoms. The summed E-state index contributed by atoms with van der Waals surface area (Å²) in [6.45, 7) is 6.96. The monoisotopic (exact) mass is 800 g/mol. The van der Waals surface area contributed by atoms with E-state index in [1.807, 2.05) is 30.3 Å². The maximum Gasteiger partial charge on any atom is 0.329 e. The highest BCUT2D eigenvalue weighted by Gasteiger charge is 2.46. The van der Waals surface area contributed by atoms with Crippen molar-refractivity contribution in [1.29, 1.82) is 5.26 Å². The van der Waals surface area contributed by atoms with Gasteiger partial charge in [-0.3, -0.25) is 39.0 Å². The summed E-state index contributed by atoms with van der Waals surface area (Å²) < 4.78 is 3.03. The summed E-state index contributed by atoms with van der Waals surface area (Å²) in [5.41, 5.74) is 5.05. The smallest absolute Gasteiger partial charge is 0.329 e. The molecule has 5 fully saturated rings. The lowest BCUT2D eigenvalue weighted by atomic mass is 9.89. The Bertz CT molecular complexity index is 2460. The molecule has 5 aromatic rings. The summed E-state index contributed by atoms with van der Waals surface area (Å²) in [5, 5.41) is 30.1. The summed E-state index contributed by atoms with van der Waals surface area (Å²) >= 11 is 0.